The molecular formula is C19H25N5O2. The summed E-state index contributed by atoms with van der Waals surface area (Å²) < 4.78 is 0. The van der Waals surface area contributed by atoms with Crippen LogP contribution in [0.4, 0.5) is 5.82 Å². The Bertz CT molecular complexity index is 693. The largest absolute Gasteiger partial charge is 0.356 e. The zero-order chi connectivity index (χ0) is 18.5. The van der Waals surface area contributed by atoms with E-state index in [0.717, 1.165) is 18.9 Å². The van der Waals surface area contributed by atoms with Crippen LogP contribution < -0.4 is 15.5 Å². The minimum Gasteiger partial charge on any atom is -0.356 e. The first kappa shape index (κ1) is 18.2. The number of hydrogen-bond donors (Lipinski definition) is 2. The summed E-state index contributed by atoms with van der Waals surface area (Å²) in [5.41, 5.74) is 0.552. The second kappa shape index (κ2) is 8.17. The fraction of sp³-hybridized carbons (Fsp3) is 0.579. The van der Waals surface area contributed by atoms with Gasteiger partial charge in [-0.05, 0) is 37.3 Å². The van der Waals surface area contributed by atoms with Gasteiger partial charge in [-0.2, -0.15) is 5.26 Å². The van der Waals surface area contributed by atoms with E-state index in [1.807, 2.05) is 6.07 Å². The lowest BCUT2D eigenvalue weighted by Crippen LogP contribution is -2.41. The first-order valence-corrected chi connectivity index (χ1v) is 9.21. The number of nitrogens with one attached hydrogen (secondary N) is 2. The summed E-state index contributed by atoms with van der Waals surface area (Å²) in [7, 11) is 0. The van der Waals surface area contributed by atoms with Gasteiger partial charge in [0.2, 0.25) is 11.8 Å². The fourth-order valence-electron chi connectivity index (χ4n) is 3.60. The molecule has 1 aromatic heterocycles. The third-order valence-corrected chi connectivity index (χ3v) is 5.09. The van der Waals surface area contributed by atoms with E-state index in [2.05, 4.69) is 26.6 Å². The molecule has 0 bridgehead atoms. The van der Waals surface area contributed by atoms with E-state index < -0.39 is 0 Å². The molecule has 7 nitrogen and oxygen atoms in total. The van der Waals surface area contributed by atoms with Crippen molar-refractivity contribution in [3.8, 4) is 6.07 Å². The SMILES string of the molecule is CC(=O)NCCCC(=O)N[C@@H]1CN(c2ccc(C#N)cn2)C[C@H]1C1CC1. The Morgan fingerprint density at radius 1 is 1.35 bits per heavy atom. The Labute approximate surface area is 153 Å². The predicted octanol–water partition coefficient (Wildman–Crippen LogP) is 1.20. The summed E-state index contributed by atoms with van der Waals surface area (Å²) in [4.78, 5) is 29.7. The molecule has 1 aliphatic heterocycles. The smallest absolute Gasteiger partial charge is 0.220 e. The molecule has 2 N–H and O–H groups in total. The average Bonchev–Trinajstić information content (AvgIpc) is 3.39. The molecule has 1 saturated carbocycles. The van der Waals surface area contributed by atoms with Crippen LogP contribution in [0.25, 0.3) is 0 Å². The van der Waals surface area contributed by atoms with E-state index in [9.17, 15) is 9.59 Å². The summed E-state index contributed by atoms with van der Waals surface area (Å²) in [6, 6.07) is 5.87. The normalized spacial score (nSPS) is 21.9. The van der Waals surface area contributed by atoms with Gasteiger partial charge in [-0.3, -0.25) is 9.59 Å². The van der Waals surface area contributed by atoms with Crippen LogP contribution in [-0.4, -0.2) is 42.5 Å². The topological polar surface area (TPSA) is 98.1 Å². The van der Waals surface area contributed by atoms with Crippen molar-refractivity contribution in [2.24, 2.45) is 11.8 Å². The van der Waals surface area contributed by atoms with Crippen LogP contribution in [0.15, 0.2) is 18.3 Å². The molecule has 0 aromatic carbocycles. The Kier molecular flexibility index (Phi) is 5.71. The average molecular weight is 355 g/mol. The molecule has 0 spiro atoms. The molecule has 0 unspecified atom stereocenters. The molecule has 2 atom stereocenters. The number of anilines is 1. The number of carbonyl (C=O) groups excluding carboxylic acids is 2. The number of aromatic nitrogens is 1. The van der Waals surface area contributed by atoms with Crippen LogP contribution >= 0.6 is 0 Å². The molecule has 7 heteroatoms. The van der Waals surface area contributed by atoms with Gasteiger partial charge in [-0.1, -0.05) is 0 Å². The molecule has 2 amide bonds. The summed E-state index contributed by atoms with van der Waals surface area (Å²) in [5.74, 6) is 1.97. The summed E-state index contributed by atoms with van der Waals surface area (Å²) in [6.07, 6.45) is 5.12. The monoisotopic (exact) mass is 355 g/mol. The number of rotatable bonds is 7. The van der Waals surface area contributed by atoms with Gasteiger partial charge in [-0.25, -0.2) is 4.98 Å². The fourth-order valence-corrected chi connectivity index (χ4v) is 3.60. The van der Waals surface area contributed by atoms with Crippen molar-refractivity contribution in [3.63, 3.8) is 0 Å². The molecule has 2 heterocycles. The molecule has 2 fully saturated rings. The minimum atomic E-state index is -0.0689. The number of pyridine rings is 1. The van der Waals surface area contributed by atoms with Crippen molar-refractivity contribution in [3.05, 3.63) is 23.9 Å². The van der Waals surface area contributed by atoms with Crippen LogP contribution in [0.1, 0.15) is 38.2 Å². The maximum absolute atomic E-state index is 12.3. The lowest BCUT2D eigenvalue weighted by atomic mass is 9.98. The van der Waals surface area contributed by atoms with Gasteiger partial charge in [0, 0.05) is 45.1 Å². The number of carbonyl (C=O) groups is 2. The van der Waals surface area contributed by atoms with Gasteiger partial charge in [-0.15, -0.1) is 0 Å². The predicted molar refractivity (Wildman–Crippen MR) is 97.2 cm³/mol. The Morgan fingerprint density at radius 3 is 2.77 bits per heavy atom. The van der Waals surface area contributed by atoms with Gasteiger partial charge < -0.3 is 15.5 Å². The van der Waals surface area contributed by atoms with Crippen molar-refractivity contribution in [1.29, 1.82) is 5.26 Å². The Hall–Kier alpha value is -2.62. The van der Waals surface area contributed by atoms with Crippen molar-refractivity contribution in [1.82, 2.24) is 15.6 Å². The van der Waals surface area contributed by atoms with Crippen molar-refractivity contribution >= 4 is 17.6 Å². The Balaban J connectivity index is 1.55. The van der Waals surface area contributed by atoms with Crippen molar-refractivity contribution in [2.45, 2.75) is 38.6 Å². The molecule has 1 saturated heterocycles. The van der Waals surface area contributed by atoms with Crippen LogP contribution in [0.5, 0.6) is 0 Å². The zero-order valence-corrected chi connectivity index (χ0v) is 15.1. The standard InChI is InChI=1S/C19H25N5O2/c1-13(25)21-8-2-3-19(26)23-17-12-24(11-16(17)15-5-6-15)18-7-4-14(9-20)10-22-18/h4,7,10,15-17H,2-3,5-6,8,11-12H2,1H3,(H,21,25)(H,23,26)/t16-,17+/m0/s1. The molecule has 3 rings (SSSR count). The van der Waals surface area contributed by atoms with E-state index >= 15 is 0 Å². The van der Waals surface area contributed by atoms with E-state index in [4.69, 9.17) is 5.26 Å². The highest BCUT2D eigenvalue weighted by Crippen LogP contribution is 2.42. The first-order chi connectivity index (χ1) is 12.6. The minimum absolute atomic E-state index is 0.0423. The van der Waals surface area contributed by atoms with E-state index in [0.29, 0.717) is 36.8 Å². The van der Waals surface area contributed by atoms with Crippen molar-refractivity contribution in [2.75, 3.05) is 24.5 Å². The zero-order valence-electron chi connectivity index (χ0n) is 15.1. The summed E-state index contributed by atoms with van der Waals surface area (Å²) >= 11 is 0. The van der Waals surface area contributed by atoms with Crippen LogP contribution in [0.3, 0.4) is 0 Å². The molecular weight excluding hydrogens is 330 g/mol. The number of nitriles is 1. The highest BCUT2D eigenvalue weighted by atomic mass is 16.2. The molecule has 26 heavy (non-hydrogen) atoms. The third-order valence-electron chi connectivity index (χ3n) is 5.09. The number of hydrogen-bond acceptors (Lipinski definition) is 5. The third kappa shape index (κ3) is 4.72. The van der Waals surface area contributed by atoms with Gasteiger partial charge in [0.15, 0.2) is 0 Å². The lowest BCUT2D eigenvalue weighted by Gasteiger charge is -2.19. The highest BCUT2D eigenvalue weighted by molar-refractivity contribution is 5.76. The van der Waals surface area contributed by atoms with Gasteiger partial charge in [0.1, 0.15) is 11.9 Å². The summed E-state index contributed by atoms with van der Waals surface area (Å²) in [6.45, 7) is 3.64. The number of nitrogens with zero attached hydrogens (tertiary/aromatic N) is 3. The van der Waals surface area contributed by atoms with Gasteiger partial charge in [0.25, 0.3) is 0 Å². The van der Waals surface area contributed by atoms with Crippen molar-refractivity contribution < 1.29 is 9.59 Å². The maximum atomic E-state index is 12.3. The molecule has 2 aliphatic rings. The lowest BCUT2D eigenvalue weighted by molar-refractivity contribution is -0.122. The van der Waals surface area contributed by atoms with Gasteiger partial charge >= 0.3 is 0 Å². The van der Waals surface area contributed by atoms with Gasteiger partial charge in [0.05, 0.1) is 11.6 Å². The molecule has 1 aromatic rings. The van der Waals surface area contributed by atoms with E-state index in [1.54, 1.807) is 12.3 Å². The second-order valence-electron chi connectivity index (χ2n) is 7.18. The van der Waals surface area contributed by atoms with E-state index in [1.165, 1.54) is 19.8 Å². The first-order valence-electron chi connectivity index (χ1n) is 9.21. The Morgan fingerprint density at radius 2 is 2.15 bits per heavy atom. The van der Waals surface area contributed by atoms with Crippen LogP contribution in [-0.2, 0) is 9.59 Å². The number of amides is 2. The molecule has 1 aliphatic carbocycles. The molecule has 138 valence electrons. The second-order valence-corrected chi connectivity index (χ2v) is 7.18. The van der Waals surface area contributed by atoms with Crippen LogP contribution in [0.2, 0.25) is 0 Å². The molecule has 0 radical (unpaired) electrons. The maximum Gasteiger partial charge on any atom is 0.220 e. The highest BCUT2D eigenvalue weighted by Gasteiger charge is 2.43. The van der Waals surface area contributed by atoms with Crippen LogP contribution in [0, 0.1) is 23.2 Å². The quantitative estimate of drug-likeness (QED) is 0.716. The summed E-state index contributed by atoms with van der Waals surface area (Å²) in [5, 5.41) is 14.8. The van der Waals surface area contributed by atoms with E-state index in [-0.39, 0.29) is 17.9 Å².